The molecule has 0 aromatic heterocycles. The summed E-state index contributed by atoms with van der Waals surface area (Å²) in [6.45, 7) is 0. The Morgan fingerprint density at radius 1 is 1.44 bits per heavy atom. The quantitative estimate of drug-likeness (QED) is 0.508. The van der Waals surface area contributed by atoms with Crippen LogP contribution in [0, 0.1) is 5.82 Å². The summed E-state index contributed by atoms with van der Waals surface area (Å²) < 4.78 is 13.0. The van der Waals surface area contributed by atoms with E-state index >= 15 is 0 Å². The Kier molecular flexibility index (Phi) is 3.57. The van der Waals surface area contributed by atoms with E-state index in [9.17, 15) is 14.0 Å². The molecule has 1 aromatic carbocycles. The molecule has 0 radical (unpaired) electrons. The van der Waals surface area contributed by atoms with Crippen molar-refractivity contribution in [3.63, 3.8) is 0 Å². The zero-order chi connectivity index (χ0) is 12.3. The lowest BCUT2D eigenvalue weighted by Gasteiger charge is -2.07. The summed E-state index contributed by atoms with van der Waals surface area (Å²) in [6.07, 6.45) is -0.414. The molecule has 0 aliphatic rings. The number of aliphatic carboxylic acids is 1. The highest BCUT2D eigenvalue weighted by Gasteiger charge is 2.19. The number of nitrogens with two attached hydrogens (primary N) is 2. The maximum Gasteiger partial charge on any atom is 0.320 e. The Hall–Kier alpha value is -1.95. The van der Waals surface area contributed by atoms with Crippen molar-refractivity contribution in [2.75, 3.05) is 5.73 Å². The Labute approximate surface area is 90.9 Å². The third kappa shape index (κ3) is 2.54. The maximum atomic E-state index is 13.0. The summed E-state index contributed by atoms with van der Waals surface area (Å²) in [6, 6.07) is 2.46. The fraction of sp³-hybridized carbons (Fsp3) is 0.200. The van der Waals surface area contributed by atoms with Crippen LogP contribution < -0.4 is 11.5 Å². The van der Waals surface area contributed by atoms with Crippen molar-refractivity contribution in [1.29, 1.82) is 0 Å². The molecule has 0 saturated carbocycles. The number of nitrogen functional groups attached to an aromatic ring is 1. The highest BCUT2D eigenvalue weighted by molar-refractivity contribution is 6.02. The molecule has 0 heterocycles. The van der Waals surface area contributed by atoms with Gasteiger partial charge in [0.15, 0.2) is 5.78 Å². The number of rotatable bonds is 4. The van der Waals surface area contributed by atoms with Gasteiger partial charge >= 0.3 is 5.97 Å². The van der Waals surface area contributed by atoms with E-state index in [1.165, 1.54) is 12.1 Å². The summed E-state index contributed by atoms with van der Waals surface area (Å²) in [7, 11) is 0. The van der Waals surface area contributed by atoms with Crippen LogP contribution in [0.25, 0.3) is 0 Å². The number of anilines is 1. The summed E-state index contributed by atoms with van der Waals surface area (Å²) in [5, 5.41) is 8.52. The van der Waals surface area contributed by atoms with Gasteiger partial charge in [-0.05, 0) is 12.1 Å². The normalized spacial score (nSPS) is 12.1. The molecule has 5 N–H and O–H groups in total. The van der Waals surface area contributed by atoms with E-state index < -0.39 is 30.0 Å². The first-order valence-corrected chi connectivity index (χ1v) is 4.49. The monoisotopic (exact) mass is 226 g/mol. The zero-order valence-electron chi connectivity index (χ0n) is 8.31. The maximum absolute atomic E-state index is 13.0. The molecule has 1 atom stereocenters. The van der Waals surface area contributed by atoms with Crippen molar-refractivity contribution in [3.05, 3.63) is 29.6 Å². The van der Waals surface area contributed by atoms with Crippen molar-refractivity contribution >= 4 is 17.4 Å². The van der Waals surface area contributed by atoms with Gasteiger partial charge in [0, 0.05) is 12.0 Å². The molecule has 1 rings (SSSR count). The second-order valence-corrected chi connectivity index (χ2v) is 3.27. The van der Waals surface area contributed by atoms with Crippen LogP contribution in [0.4, 0.5) is 10.1 Å². The third-order valence-corrected chi connectivity index (χ3v) is 2.08. The highest BCUT2D eigenvalue weighted by atomic mass is 19.1. The van der Waals surface area contributed by atoms with E-state index in [1.807, 2.05) is 0 Å². The molecule has 0 bridgehead atoms. The van der Waals surface area contributed by atoms with Gasteiger partial charge < -0.3 is 16.6 Å². The van der Waals surface area contributed by atoms with Crippen LogP contribution in [0.5, 0.6) is 0 Å². The molecule has 6 heteroatoms. The van der Waals surface area contributed by atoms with Gasteiger partial charge in [0.1, 0.15) is 11.9 Å². The van der Waals surface area contributed by atoms with E-state index in [0.29, 0.717) is 0 Å². The van der Waals surface area contributed by atoms with Gasteiger partial charge in [-0.25, -0.2) is 4.39 Å². The topological polar surface area (TPSA) is 106 Å². The highest BCUT2D eigenvalue weighted by Crippen LogP contribution is 2.17. The number of para-hydroxylation sites is 1. The first kappa shape index (κ1) is 12.1. The average Bonchev–Trinajstić information content (AvgIpc) is 2.21. The fourth-order valence-electron chi connectivity index (χ4n) is 1.18. The van der Waals surface area contributed by atoms with Gasteiger partial charge in [0.2, 0.25) is 0 Å². The van der Waals surface area contributed by atoms with Crippen LogP contribution in [-0.4, -0.2) is 22.9 Å². The number of carbonyl (C=O) groups excluding carboxylic acids is 1. The molecular formula is C10H11FN2O3. The predicted molar refractivity (Wildman–Crippen MR) is 55.4 cm³/mol. The van der Waals surface area contributed by atoms with Crippen molar-refractivity contribution in [2.24, 2.45) is 5.73 Å². The molecule has 0 amide bonds. The van der Waals surface area contributed by atoms with Crippen LogP contribution in [0.3, 0.4) is 0 Å². The number of benzene rings is 1. The number of Topliss-reactive ketones (excluding diaryl/α,β-unsaturated/α-hetero) is 1. The van der Waals surface area contributed by atoms with Crippen molar-refractivity contribution < 1.29 is 19.1 Å². The number of ketones is 1. The van der Waals surface area contributed by atoms with Crippen molar-refractivity contribution in [3.8, 4) is 0 Å². The number of carboxylic acid groups (broad SMARTS) is 1. The van der Waals surface area contributed by atoms with Gasteiger partial charge in [-0.3, -0.25) is 9.59 Å². The fourth-order valence-corrected chi connectivity index (χ4v) is 1.18. The van der Waals surface area contributed by atoms with E-state index in [-0.39, 0.29) is 11.3 Å². The Bertz CT molecular complexity index is 434. The van der Waals surface area contributed by atoms with Crippen molar-refractivity contribution in [2.45, 2.75) is 12.5 Å². The minimum atomic E-state index is -1.31. The molecule has 0 fully saturated rings. The van der Waals surface area contributed by atoms with Gasteiger partial charge in [0.25, 0.3) is 0 Å². The van der Waals surface area contributed by atoms with Gasteiger partial charge in [-0.15, -0.1) is 0 Å². The second-order valence-electron chi connectivity index (χ2n) is 3.27. The lowest BCUT2D eigenvalue weighted by molar-refractivity contribution is -0.138. The minimum absolute atomic E-state index is 0.0447. The van der Waals surface area contributed by atoms with Crippen LogP contribution in [0.2, 0.25) is 0 Å². The standard InChI is InChI=1S/C10H11FN2O3/c11-6-3-1-2-5(9(6)13)8(14)4-7(12)10(15)16/h1-3,7H,4,12-13H2,(H,15,16). The largest absolute Gasteiger partial charge is 0.480 e. The van der Waals surface area contributed by atoms with Crippen molar-refractivity contribution in [1.82, 2.24) is 0 Å². The molecular weight excluding hydrogens is 215 g/mol. The van der Waals surface area contributed by atoms with Crippen LogP contribution in [-0.2, 0) is 4.79 Å². The van der Waals surface area contributed by atoms with Crippen LogP contribution in [0.15, 0.2) is 18.2 Å². The van der Waals surface area contributed by atoms with Gasteiger partial charge in [0.05, 0.1) is 5.69 Å². The molecule has 1 unspecified atom stereocenters. The molecule has 16 heavy (non-hydrogen) atoms. The lowest BCUT2D eigenvalue weighted by atomic mass is 10.0. The third-order valence-electron chi connectivity index (χ3n) is 2.08. The van der Waals surface area contributed by atoms with Gasteiger partial charge in [-0.2, -0.15) is 0 Å². The number of hydrogen-bond acceptors (Lipinski definition) is 4. The average molecular weight is 226 g/mol. The Morgan fingerprint density at radius 3 is 2.62 bits per heavy atom. The van der Waals surface area contributed by atoms with E-state index in [1.54, 1.807) is 0 Å². The summed E-state index contributed by atoms with van der Waals surface area (Å²) >= 11 is 0. The molecule has 5 nitrogen and oxygen atoms in total. The Balaban J connectivity index is 2.89. The van der Waals surface area contributed by atoms with Gasteiger partial charge in [-0.1, -0.05) is 6.07 Å². The molecule has 0 aliphatic carbocycles. The SMILES string of the molecule is Nc1c(F)cccc1C(=O)CC(N)C(=O)O. The first-order chi connectivity index (χ1) is 7.43. The van der Waals surface area contributed by atoms with E-state index in [4.69, 9.17) is 16.6 Å². The minimum Gasteiger partial charge on any atom is -0.480 e. The number of halogens is 1. The molecule has 0 saturated heterocycles. The zero-order valence-corrected chi connectivity index (χ0v) is 8.31. The Morgan fingerprint density at radius 2 is 2.06 bits per heavy atom. The predicted octanol–water partition coefficient (Wildman–Crippen LogP) is 0.393. The number of carboxylic acids is 1. The van der Waals surface area contributed by atoms with Crippen LogP contribution in [0.1, 0.15) is 16.8 Å². The summed E-state index contributed by atoms with van der Waals surface area (Å²) in [5.41, 5.74) is 10.2. The molecule has 0 aliphatic heterocycles. The molecule has 1 aromatic rings. The summed E-state index contributed by atoms with van der Waals surface area (Å²) in [5.74, 6) is -2.59. The lowest BCUT2D eigenvalue weighted by Crippen LogP contribution is -2.32. The smallest absolute Gasteiger partial charge is 0.320 e. The molecule has 0 spiro atoms. The first-order valence-electron chi connectivity index (χ1n) is 4.49. The van der Waals surface area contributed by atoms with Crippen LogP contribution >= 0.6 is 0 Å². The molecule has 86 valence electrons. The van der Waals surface area contributed by atoms with E-state index in [2.05, 4.69) is 0 Å². The summed E-state index contributed by atoms with van der Waals surface area (Å²) in [4.78, 5) is 22.0. The number of hydrogen-bond donors (Lipinski definition) is 3. The number of carbonyl (C=O) groups is 2. The second kappa shape index (κ2) is 4.71. The van der Waals surface area contributed by atoms with E-state index in [0.717, 1.165) is 6.07 Å².